The molecule has 29 heavy (non-hydrogen) atoms. The average molecular weight is 396 g/mol. The zero-order chi connectivity index (χ0) is 20.9. The molecule has 0 atom stereocenters. The number of nitrogens with zero attached hydrogens (tertiary/aromatic N) is 3. The van der Waals surface area contributed by atoms with Gasteiger partial charge in [0.05, 0.1) is 0 Å². The smallest absolute Gasteiger partial charge is 0.410 e. The average Bonchev–Trinajstić information content (AvgIpc) is 2.68. The monoisotopic (exact) mass is 395 g/mol. The highest BCUT2D eigenvalue weighted by atomic mass is 16.6. The Morgan fingerprint density at radius 1 is 1.10 bits per heavy atom. The number of ether oxygens (including phenoxy) is 1. The number of rotatable bonds is 5. The van der Waals surface area contributed by atoms with Gasteiger partial charge < -0.3 is 9.64 Å². The number of pyridine rings is 2. The number of hydrogen-bond donors (Lipinski definition) is 0. The second-order valence-electron chi connectivity index (χ2n) is 9.14. The van der Waals surface area contributed by atoms with Gasteiger partial charge in [-0.05, 0) is 82.1 Å². The lowest BCUT2D eigenvalue weighted by atomic mass is 9.90. The Labute approximate surface area is 174 Å². The Kier molecular flexibility index (Phi) is 6.88. The van der Waals surface area contributed by atoms with Crippen molar-refractivity contribution in [3.63, 3.8) is 0 Å². The van der Waals surface area contributed by atoms with E-state index >= 15 is 0 Å². The highest BCUT2D eigenvalue weighted by molar-refractivity contribution is 5.68. The molecule has 5 heteroatoms. The first kappa shape index (κ1) is 21.3. The Bertz CT molecular complexity index is 804. The molecule has 1 aliphatic rings. The third-order valence-electron chi connectivity index (χ3n) is 5.34. The van der Waals surface area contributed by atoms with Crippen molar-refractivity contribution in [3.8, 4) is 0 Å². The highest BCUT2D eigenvalue weighted by Crippen LogP contribution is 2.24. The summed E-state index contributed by atoms with van der Waals surface area (Å²) in [5, 5.41) is 0. The maximum absolute atomic E-state index is 12.2. The first-order chi connectivity index (χ1) is 13.8. The van der Waals surface area contributed by atoms with E-state index in [-0.39, 0.29) is 6.09 Å². The van der Waals surface area contributed by atoms with Crippen molar-refractivity contribution >= 4 is 6.09 Å². The molecule has 1 aliphatic heterocycles. The lowest BCUT2D eigenvalue weighted by molar-refractivity contribution is 0.0181. The van der Waals surface area contributed by atoms with Crippen LogP contribution in [0.4, 0.5) is 4.79 Å². The van der Waals surface area contributed by atoms with Crippen molar-refractivity contribution in [3.05, 3.63) is 59.2 Å². The summed E-state index contributed by atoms with van der Waals surface area (Å²) >= 11 is 0. The molecule has 3 heterocycles. The van der Waals surface area contributed by atoms with Crippen LogP contribution < -0.4 is 0 Å². The second kappa shape index (κ2) is 9.38. The largest absolute Gasteiger partial charge is 0.444 e. The SMILES string of the molecule is Cc1ccc(Cc2cncc(CCC3CCN(C(=O)OC(C)(C)C)CC3)c2)cn1. The molecule has 156 valence electrons. The number of hydrogen-bond acceptors (Lipinski definition) is 4. The van der Waals surface area contributed by atoms with E-state index in [1.807, 2.05) is 51.2 Å². The number of amides is 1. The predicted octanol–water partition coefficient (Wildman–Crippen LogP) is 4.96. The molecular weight excluding hydrogens is 362 g/mol. The van der Waals surface area contributed by atoms with E-state index < -0.39 is 5.60 Å². The van der Waals surface area contributed by atoms with Gasteiger partial charge in [-0.3, -0.25) is 9.97 Å². The Balaban J connectivity index is 1.46. The van der Waals surface area contributed by atoms with Crippen LogP contribution in [0.1, 0.15) is 62.4 Å². The zero-order valence-electron chi connectivity index (χ0n) is 18.1. The maximum Gasteiger partial charge on any atom is 0.410 e. The van der Waals surface area contributed by atoms with E-state index in [2.05, 4.69) is 28.2 Å². The van der Waals surface area contributed by atoms with Crippen molar-refractivity contribution in [2.45, 2.75) is 65.4 Å². The standard InChI is InChI=1S/C24H33N3O2/c1-18-5-6-21(17-26-18)14-22-13-20(15-25-16-22)8-7-19-9-11-27(12-10-19)23(28)29-24(2,3)4/h5-6,13,15-17,19H,7-12,14H2,1-4H3. The Morgan fingerprint density at radius 2 is 1.83 bits per heavy atom. The van der Waals surface area contributed by atoms with Crippen LogP contribution >= 0.6 is 0 Å². The summed E-state index contributed by atoms with van der Waals surface area (Å²) in [6.45, 7) is 9.32. The molecule has 0 aromatic carbocycles. The first-order valence-electron chi connectivity index (χ1n) is 10.6. The van der Waals surface area contributed by atoms with Gasteiger partial charge in [-0.1, -0.05) is 12.1 Å². The number of piperidine rings is 1. The summed E-state index contributed by atoms with van der Waals surface area (Å²) in [7, 11) is 0. The minimum absolute atomic E-state index is 0.182. The molecule has 0 aliphatic carbocycles. The van der Waals surface area contributed by atoms with E-state index in [0.29, 0.717) is 5.92 Å². The van der Waals surface area contributed by atoms with Gasteiger partial charge in [-0.25, -0.2) is 4.79 Å². The Hall–Kier alpha value is -2.43. The quantitative estimate of drug-likeness (QED) is 0.718. The summed E-state index contributed by atoms with van der Waals surface area (Å²) in [5.74, 6) is 0.652. The van der Waals surface area contributed by atoms with Gasteiger partial charge in [0, 0.05) is 43.8 Å². The van der Waals surface area contributed by atoms with Crippen LogP contribution in [-0.4, -0.2) is 39.7 Å². The van der Waals surface area contributed by atoms with Crippen molar-refractivity contribution < 1.29 is 9.53 Å². The van der Waals surface area contributed by atoms with E-state index in [1.165, 1.54) is 16.7 Å². The van der Waals surface area contributed by atoms with Gasteiger partial charge in [-0.2, -0.15) is 0 Å². The summed E-state index contributed by atoms with van der Waals surface area (Å²) in [6.07, 6.45) is 10.8. The maximum atomic E-state index is 12.2. The summed E-state index contributed by atoms with van der Waals surface area (Å²) < 4.78 is 5.48. The lowest BCUT2D eigenvalue weighted by Gasteiger charge is -2.33. The van der Waals surface area contributed by atoms with Gasteiger partial charge in [-0.15, -0.1) is 0 Å². The molecule has 3 rings (SSSR count). The number of carbonyl (C=O) groups is 1. The minimum Gasteiger partial charge on any atom is -0.444 e. The number of aromatic nitrogens is 2. The molecule has 0 bridgehead atoms. The minimum atomic E-state index is -0.430. The van der Waals surface area contributed by atoms with Crippen LogP contribution in [0, 0.1) is 12.8 Å². The van der Waals surface area contributed by atoms with Gasteiger partial charge >= 0.3 is 6.09 Å². The third kappa shape index (κ3) is 6.84. The van der Waals surface area contributed by atoms with Crippen LogP contribution in [0.25, 0.3) is 0 Å². The molecule has 2 aromatic heterocycles. The van der Waals surface area contributed by atoms with E-state index in [1.54, 1.807) is 0 Å². The topological polar surface area (TPSA) is 55.3 Å². The number of carbonyl (C=O) groups excluding carboxylic acids is 1. The van der Waals surface area contributed by atoms with Crippen molar-refractivity contribution in [1.29, 1.82) is 0 Å². The van der Waals surface area contributed by atoms with Crippen molar-refractivity contribution in [2.24, 2.45) is 5.92 Å². The molecule has 0 saturated carbocycles. The second-order valence-corrected chi connectivity index (χ2v) is 9.14. The molecule has 2 aromatic rings. The van der Waals surface area contributed by atoms with E-state index in [4.69, 9.17) is 4.74 Å². The summed E-state index contributed by atoms with van der Waals surface area (Å²) in [5.41, 5.74) is 4.34. The van der Waals surface area contributed by atoms with Crippen molar-refractivity contribution in [2.75, 3.05) is 13.1 Å². The fourth-order valence-electron chi connectivity index (χ4n) is 3.71. The fraction of sp³-hybridized carbons (Fsp3) is 0.542. The lowest BCUT2D eigenvalue weighted by Crippen LogP contribution is -2.41. The van der Waals surface area contributed by atoms with Gasteiger partial charge in [0.2, 0.25) is 0 Å². The molecule has 5 nitrogen and oxygen atoms in total. The Morgan fingerprint density at radius 3 is 2.48 bits per heavy atom. The van der Waals surface area contributed by atoms with Crippen LogP contribution in [-0.2, 0) is 17.6 Å². The van der Waals surface area contributed by atoms with Crippen molar-refractivity contribution in [1.82, 2.24) is 14.9 Å². The van der Waals surface area contributed by atoms with Crippen LogP contribution in [0.3, 0.4) is 0 Å². The predicted molar refractivity (Wildman–Crippen MR) is 115 cm³/mol. The molecule has 1 saturated heterocycles. The summed E-state index contributed by atoms with van der Waals surface area (Å²) in [4.78, 5) is 22.9. The van der Waals surface area contributed by atoms with Gasteiger partial charge in [0.25, 0.3) is 0 Å². The molecule has 0 unspecified atom stereocenters. The van der Waals surface area contributed by atoms with Crippen LogP contribution in [0.2, 0.25) is 0 Å². The molecule has 0 spiro atoms. The van der Waals surface area contributed by atoms with Crippen LogP contribution in [0.5, 0.6) is 0 Å². The number of likely N-dealkylation sites (tertiary alicyclic amines) is 1. The van der Waals surface area contributed by atoms with Crippen LogP contribution in [0.15, 0.2) is 36.8 Å². The van der Waals surface area contributed by atoms with Gasteiger partial charge in [0.15, 0.2) is 0 Å². The molecule has 0 radical (unpaired) electrons. The summed E-state index contributed by atoms with van der Waals surface area (Å²) in [6, 6.07) is 6.45. The first-order valence-corrected chi connectivity index (χ1v) is 10.6. The normalized spacial score (nSPS) is 15.4. The molecular formula is C24H33N3O2. The zero-order valence-corrected chi connectivity index (χ0v) is 18.1. The highest BCUT2D eigenvalue weighted by Gasteiger charge is 2.26. The number of aryl methyl sites for hydroxylation is 2. The van der Waals surface area contributed by atoms with E-state index in [9.17, 15) is 4.79 Å². The van der Waals surface area contributed by atoms with E-state index in [0.717, 1.165) is 50.9 Å². The molecule has 1 amide bonds. The fourth-order valence-corrected chi connectivity index (χ4v) is 3.71. The molecule has 1 fully saturated rings. The van der Waals surface area contributed by atoms with Gasteiger partial charge in [0.1, 0.15) is 5.60 Å². The third-order valence-corrected chi connectivity index (χ3v) is 5.34. The molecule has 0 N–H and O–H groups in total.